The van der Waals surface area contributed by atoms with Gasteiger partial charge in [-0.05, 0) is 70.2 Å². The van der Waals surface area contributed by atoms with Crippen LogP contribution in [-0.2, 0) is 13.0 Å². The Balaban J connectivity index is 0.00000343. The number of hydrogen-bond acceptors (Lipinski definition) is 5. The first-order chi connectivity index (χ1) is 15.9. The summed E-state index contributed by atoms with van der Waals surface area (Å²) in [7, 11) is 0. The van der Waals surface area contributed by atoms with E-state index in [9.17, 15) is 5.11 Å². The van der Waals surface area contributed by atoms with Gasteiger partial charge in [0, 0.05) is 22.9 Å². The number of aliphatic hydroxyl groups excluding tert-OH is 1. The number of halogens is 1. The Morgan fingerprint density at radius 2 is 1.65 bits per heavy atom. The number of nitrogen functional groups attached to an aromatic ring is 1. The van der Waals surface area contributed by atoms with E-state index in [2.05, 4.69) is 38.0 Å². The van der Waals surface area contributed by atoms with E-state index >= 15 is 4.39 Å². The minimum absolute atomic E-state index is 0.0512. The molecule has 0 unspecified atom stereocenters. The second kappa shape index (κ2) is 14.7. The summed E-state index contributed by atoms with van der Waals surface area (Å²) in [5.74, 6) is -0.685. The Kier molecular flexibility index (Phi) is 13.7. The lowest BCUT2D eigenvalue weighted by Crippen LogP contribution is -2.18. The van der Waals surface area contributed by atoms with Gasteiger partial charge in [0.25, 0.3) is 0 Å². The van der Waals surface area contributed by atoms with E-state index in [4.69, 9.17) is 11.1 Å². The first kappa shape index (κ1) is 31.6. The Labute approximate surface area is 211 Å². The van der Waals surface area contributed by atoms with E-state index in [0.29, 0.717) is 23.1 Å². The third kappa shape index (κ3) is 7.54. The molecule has 0 saturated carbocycles. The molecular weight excluding hydrogens is 445 g/mol. The second-order valence-electron chi connectivity index (χ2n) is 8.34. The highest BCUT2D eigenvalue weighted by atomic mass is 32.1. The van der Waals surface area contributed by atoms with Crippen LogP contribution in [0, 0.1) is 11.2 Å². The van der Waals surface area contributed by atoms with E-state index in [-0.39, 0.29) is 34.2 Å². The van der Waals surface area contributed by atoms with Crippen LogP contribution in [0.2, 0.25) is 0 Å². The molecule has 1 aromatic rings. The summed E-state index contributed by atoms with van der Waals surface area (Å²) in [5.41, 5.74) is 11.9. The maximum Gasteiger partial charge on any atom is 0.156 e. The van der Waals surface area contributed by atoms with Gasteiger partial charge in [-0.15, -0.1) is 12.6 Å². The van der Waals surface area contributed by atoms with Crippen molar-refractivity contribution in [3.05, 3.63) is 73.6 Å². The molecule has 188 valence electrons. The normalized spacial score (nSPS) is 12.2. The van der Waals surface area contributed by atoms with Crippen LogP contribution in [0.25, 0.3) is 0 Å². The number of allylic oxidation sites excluding steroid dienone is 6. The van der Waals surface area contributed by atoms with Crippen molar-refractivity contribution in [1.29, 1.82) is 5.41 Å². The van der Waals surface area contributed by atoms with Crippen molar-refractivity contribution < 1.29 is 9.50 Å². The van der Waals surface area contributed by atoms with Crippen LogP contribution >= 0.6 is 12.6 Å². The average molecular weight is 488 g/mol. The van der Waals surface area contributed by atoms with Gasteiger partial charge in [0.15, 0.2) is 5.82 Å². The second-order valence-corrected chi connectivity index (χ2v) is 8.85. The Bertz CT molecular complexity index is 1040. The first-order valence-corrected chi connectivity index (χ1v) is 12.0. The van der Waals surface area contributed by atoms with Crippen LogP contribution in [-0.4, -0.2) is 17.0 Å². The molecule has 0 fully saturated rings. The Hall–Kier alpha value is -2.44. The molecule has 0 heterocycles. The van der Waals surface area contributed by atoms with E-state index in [1.54, 1.807) is 0 Å². The molecule has 6 heteroatoms. The predicted molar refractivity (Wildman–Crippen MR) is 151 cm³/mol. The number of anilines is 1. The summed E-state index contributed by atoms with van der Waals surface area (Å²) in [6, 6.07) is 0. The summed E-state index contributed by atoms with van der Waals surface area (Å²) in [6.45, 7) is 21.0. The van der Waals surface area contributed by atoms with Crippen LogP contribution < -0.4 is 5.73 Å². The average Bonchev–Trinajstić information content (AvgIpc) is 2.78. The molecule has 1 rings (SSSR count). The minimum atomic E-state index is -0.685. The third-order valence-electron chi connectivity index (χ3n) is 5.62. The van der Waals surface area contributed by atoms with E-state index in [1.807, 2.05) is 54.5 Å². The number of nitrogens with two attached hydrogens (primary N) is 1. The Morgan fingerprint density at radius 1 is 1.12 bits per heavy atom. The van der Waals surface area contributed by atoms with Crippen molar-refractivity contribution >= 4 is 30.2 Å². The van der Waals surface area contributed by atoms with Crippen LogP contribution in [0.15, 0.2) is 50.5 Å². The zero-order valence-electron chi connectivity index (χ0n) is 22.3. The smallest absolute Gasteiger partial charge is 0.156 e. The fraction of sp³-hybridized carbons (Fsp3) is 0.429. The summed E-state index contributed by atoms with van der Waals surface area (Å²) in [5, 5.41) is 19.4. The van der Waals surface area contributed by atoms with E-state index in [1.165, 1.54) is 12.6 Å². The van der Waals surface area contributed by atoms with Gasteiger partial charge >= 0.3 is 0 Å². The third-order valence-corrected chi connectivity index (χ3v) is 5.73. The van der Waals surface area contributed by atoms with Crippen LogP contribution in [0.3, 0.4) is 0 Å². The molecule has 4 nitrogen and oxygen atoms in total. The molecule has 0 aliphatic carbocycles. The largest absolute Gasteiger partial charge is 0.396 e. The molecule has 0 aromatic heterocycles. The lowest BCUT2D eigenvalue weighted by Gasteiger charge is -2.23. The van der Waals surface area contributed by atoms with Gasteiger partial charge in [0.2, 0.25) is 0 Å². The van der Waals surface area contributed by atoms with Crippen molar-refractivity contribution in [3.63, 3.8) is 0 Å². The van der Waals surface area contributed by atoms with Crippen molar-refractivity contribution in [3.8, 4) is 0 Å². The van der Waals surface area contributed by atoms with E-state index < -0.39 is 5.82 Å². The topological polar surface area (TPSA) is 82.5 Å². The van der Waals surface area contributed by atoms with Gasteiger partial charge < -0.3 is 10.8 Å². The molecule has 0 radical (unpaired) electrons. The standard InChI is InChI=1S/C25H34FN3OS.C3H8/c1-9-14(5)16(7)21(15(6)13(3)4)25(28)22-18(10-2)20(12-30)19(11-29-17(8)31)24(27)23(22)26;1-3-2/h9,11,28,30-31H,8,10,12,27H2,1-7H3;3H2,1-2H3/b14-9-,21-16-,28-25?,29-11-;. The zero-order valence-corrected chi connectivity index (χ0v) is 23.2. The summed E-state index contributed by atoms with van der Waals surface area (Å²) < 4.78 is 15.7. The lowest BCUT2D eigenvalue weighted by molar-refractivity contribution is 0.280. The molecule has 0 aliphatic rings. The maximum atomic E-state index is 15.7. The zero-order chi connectivity index (χ0) is 26.7. The molecule has 0 atom stereocenters. The predicted octanol–water partition coefficient (Wildman–Crippen LogP) is 7.71. The summed E-state index contributed by atoms with van der Waals surface area (Å²) in [4.78, 5) is 4.01. The number of benzene rings is 1. The number of rotatable bonds is 8. The SMILES string of the molecule is C=C(S)/N=C\c1c(N)c(F)c(C(=N)/C(C(C)=C(C)C)=C(C)\C(C)=C/C)c(CC)c1CO.CCC. The molecule has 0 aliphatic heterocycles. The molecule has 1 aromatic carbocycles. The van der Waals surface area contributed by atoms with Gasteiger partial charge in [0.05, 0.1) is 23.0 Å². The molecule has 0 amide bonds. The number of nitrogens with one attached hydrogen (secondary N) is 1. The first-order valence-electron chi connectivity index (χ1n) is 11.6. The highest BCUT2D eigenvalue weighted by Gasteiger charge is 2.26. The molecule has 4 N–H and O–H groups in total. The van der Waals surface area contributed by atoms with Gasteiger partial charge in [-0.3, -0.25) is 10.4 Å². The molecule has 34 heavy (non-hydrogen) atoms. The van der Waals surface area contributed by atoms with Gasteiger partial charge in [-0.25, -0.2) is 4.39 Å². The van der Waals surface area contributed by atoms with Gasteiger partial charge in [0.1, 0.15) is 0 Å². The Morgan fingerprint density at radius 3 is 2.03 bits per heavy atom. The number of aliphatic hydroxyl groups is 1. The molecule has 0 spiro atoms. The van der Waals surface area contributed by atoms with Gasteiger partial charge in [-0.1, -0.05) is 51.0 Å². The van der Waals surface area contributed by atoms with Crippen LogP contribution in [0.1, 0.15) is 91.0 Å². The van der Waals surface area contributed by atoms with Crippen molar-refractivity contribution in [1.82, 2.24) is 0 Å². The summed E-state index contributed by atoms with van der Waals surface area (Å²) in [6.07, 6.45) is 4.99. The van der Waals surface area contributed by atoms with E-state index in [0.717, 1.165) is 22.3 Å². The molecular formula is C28H42FN3OS. The van der Waals surface area contributed by atoms with Crippen LogP contribution in [0.5, 0.6) is 0 Å². The fourth-order valence-electron chi connectivity index (χ4n) is 3.42. The van der Waals surface area contributed by atoms with Crippen molar-refractivity contribution in [2.45, 2.75) is 81.8 Å². The highest BCUT2D eigenvalue weighted by Crippen LogP contribution is 2.34. The monoisotopic (exact) mass is 487 g/mol. The highest BCUT2D eigenvalue weighted by molar-refractivity contribution is 7.84. The molecule has 0 saturated heterocycles. The summed E-state index contributed by atoms with van der Waals surface area (Å²) >= 11 is 4.03. The number of aliphatic imine (C=N–C) groups is 1. The maximum absolute atomic E-state index is 15.7. The van der Waals surface area contributed by atoms with Crippen molar-refractivity contribution in [2.75, 3.05) is 5.73 Å². The number of thiol groups is 1. The van der Waals surface area contributed by atoms with Crippen LogP contribution in [0.4, 0.5) is 10.1 Å². The quantitative estimate of drug-likeness (QED) is 0.131. The number of hydrogen-bond donors (Lipinski definition) is 4. The van der Waals surface area contributed by atoms with Gasteiger partial charge in [-0.2, -0.15) is 0 Å². The number of nitrogens with zero attached hydrogens (tertiary/aromatic N) is 1. The van der Waals surface area contributed by atoms with Crippen molar-refractivity contribution in [2.24, 2.45) is 4.99 Å². The minimum Gasteiger partial charge on any atom is -0.396 e. The lowest BCUT2D eigenvalue weighted by atomic mass is 9.83. The fourth-order valence-corrected chi connectivity index (χ4v) is 3.48. The molecule has 0 bridgehead atoms.